The maximum Gasteiger partial charge on any atom is 0.325 e. The average Bonchev–Trinajstić information content (AvgIpc) is 2.94. The van der Waals surface area contributed by atoms with Crippen molar-refractivity contribution in [2.24, 2.45) is 0 Å². The number of anilines is 1. The molecule has 27 heavy (non-hydrogen) atoms. The van der Waals surface area contributed by atoms with Crippen molar-refractivity contribution in [3.8, 4) is 0 Å². The van der Waals surface area contributed by atoms with Crippen LogP contribution in [0.3, 0.4) is 0 Å². The number of amides is 4. The molecule has 140 valence electrons. The molecule has 2 N–H and O–H groups in total. The van der Waals surface area contributed by atoms with E-state index in [1.54, 1.807) is 31.2 Å². The van der Waals surface area contributed by atoms with Crippen LogP contribution >= 0.6 is 11.6 Å². The van der Waals surface area contributed by atoms with Crippen LogP contribution in [-0.4, -0.2) is 28.8 Å². The minimum Gasteiger partial charge on any atom is -0.326 e. The summed E-state index contributed by atoms with van der Waals surface area (Å²) < 4.78 is 0. The molecule has 7 heteroatoms. The summed E-state index contributed by atoms with van der Waals surface area (Å²) in [4.78, 5) is 38.2. The molecule has 1 fully saturated rings. The van der Waals surface area contributed by atoms with Gasteiger partial charge in [-0.15, -0.1) is 0 Å². The number of nitrogens with one attached hydrogen (secondary N) is 2. The fourth-order valence-corrected chi connectivity index (χ4v) is 3.25. The van der Waals surface area contributed by atoms with Gasteiger partial charge in [0.15, 0.2) is 0 Å². The van der Waals surface area contributed by atoms with Crippen LogP contribution in [0.25, 0.3) is 0 Å². The molecule has 1 heterocycles. The van der Waals surface area contributed by atoms with E-state index in [1.807, 2.05) is 30.3 Å². The minimum atomic E-state index is -0.700. The number of hydrogen-bond acceptors (Lipinski definition) is 3. The normalized spacial score (nSPS) is 17.6. The van der Waals surface area contributed by atoms with E-state index in [9.17, 15) is 14.4 Å². The van der Waals surface area contributed by atoms with Crippen LogP contribution < -0.4 is 10.6 Å². The Morgan fingerprint density at radius 3 is 2.63 bits per heavy atom. The number of carbonyl (C=O) groups is 3. The van der Waals surface area contributed by atoms with Crippen LogP contribution in [0, 0.1) is 0 Å². The van der Waals surface area contributed by atoms with Gasteiger partial charge in [0.25, 0.3) is 5.91 Å². The summed E-state index contributed by atoms with van der Waals surface area (Å²) in [6.45, 7) is 1.81. The SMILES string of the molecule is C[C@@H](c1ccccc1)N1C(=O)N[C@H](CCC(=O)Nc2cccc(Cl)c2)C1=O. The minimum absolute atomic E-state index is 0.108. The Morgan fingerprint density at radius 1 is 1.19 bits per heavy atom. The van der Waals surface area contributed by atoms with Gasteiger partial charge in [-0.05, 0) is 37.1 Å². The van der Waals surface area contributed by atoms with E-state index in [1.165, 1.54) is 4.90 Å². The first-order valence-electron chi connectivity index (χ1n) is 8.69. The van der Waals surface area contributed by atoms with Crippen LogP contribution in [-0.2, 0) is 9.59 Å². The number of urea groups is 1. The standard InChI is InChI=1S/C20H20ClN3O3/c1-13(14-6-3-2-4-7-14)24-19(26)17(23-20(24)27)10-11-18(25)22-16-9-5-8-15(21)12-16/h2-9,12-13,17H,10-11H2,1H3,(H,22,25)(H,23,27)/t13-,17+/m0/s1. The Kier molecular flexibility index (Phi) is 5.76. The van der Waals surface area contributed by atoms with Crippen molar-refractivity contribution in [1.29, 1.82) is 0 Å². The van der Waals surface area contributed by atoms with Crippen molar-refractivity contribution in [3.63, 3.8) is 0 Å². The predicted octanol–water partition coefficient (Wildman–Crippen LogP) is 3.74. The zero-order chi connectivity index (χ0) is 19.4. The van der Waals surface area contributed by atoms with Crippen LogP contribution in [0.5, 0.6) is 0 Å². The smallest absolute Gasteiger partial charge is 0.325 e. The number of halogens is 1. The average molecular weight is 386 g/mol. The van der Waals surface area contributed by atoms with Crippen LogP contribution in [0.2, 0.25) is 5.02 Å². The van der Waals surface area contributed by atoms with Gasteiger partial charge in [-0.3, -0.25) is 14.5 Å². The van der Waals surface area contributed by atoms with Gasteiger partial charge < -0.3 is 10.6 Å². The van der Waals surface area contributed by atoms with Crippen molar-refractivity contribution in [1.82, 2.24) is 10.2 Å². The molecule has 0 bridgehead atoms. The summed E-state index contributed by atoms with van der Waals surface area (Å²) in [5, 5.41) is 5.93. The maximum absolute atomic E-state index is 12.6. The highest BCUT2D eigenvalue weighted by molar-refractivity contribution is 6.30. The third-order valence-corrected chi connectivity index (χ3v) is 4.72. The van der Waals surface area contributed by atoms with Gasteiger partial charge in [0.05, 0.1) is 6.04 Å². The molecule has 4 amide bonds. The fraction of sp³-hybridized carbons (Fsp3) is 0.250. The van der Waals surface area contributed by atoms with Crippen molar-refractivity contribution >= 4 is 35.1 Å². The van der Waals surface area contributed by atoms with E-state index in [0.29, 0.717) is 10.7 Å². The van der Waals surface area contributed by atoms with Gasteiger partial charge in [-0.1, -0.05) is 48.0 Å². The molecule has 1 aliphatic rings. The van der Waals surface area contributed by atoms with Gasteiger partial charge in [0, 0.05) is 17.1 Å². The van der Waals surface area contributed by atoms with Gasteiger partial charge in [-0.2, -0.15) is 0 Å². The lowest BCUT2D eigenvalue weighted by Gasteiger charge is -2.21. The lowest BCUT2D eigenvalue weighted by molar-refractivity contribution is -0.129. The molecule has 1 saturated heterocycles. The lowest BCUT2D eigenvalue weighted by Crippen LogP contribution is -2.34. The van der Waals surface area contributed by atoms with Gasteiger partial charge in [0.2, 0.25) is 5.91 Å². The van der Waals surface area contributed by atoms with E-state index < -0.39 is 12.1 Å². The number of rotatable bonds is 6. The highest BCUT2D eigenvalue weighted by Gasteiger charge is 2.40. The van der Waals surface area contributed by atoms with E-state index in [2.05, 4.69) is 10.6 Å². The molecule has 0 aliphatic carbocycles. The first-order chi connectivity index (χ1) is 13.0. The van der Waals surface area contributed by atoms with E-state index in [4.69, 9.17) is 11.6 Å². The Hall–Kier alpha value is -2.86. The molecule has 0 unspecified atom stereocenters. The summed E-state index contributed by atoms with van der Waals surface area (Å²) in [5.41, 5.74) is 1.47. The summed E-state index contributed by atoms with van der Waals surface area (Å²) in [5.74, 6) is -0.555. The Bertz CT molecular complexity index is 857. The predicted molar refractivity (Wildman–Crippen MR) is 103 cm³/mol. The first-order valence-corrected chi connectivity index (χ1v) is 9.07. The fourth-order valence-electron chi connectivity index (χ4n) is 3.06. The number of nitrogens with zero attached hydrogens (tertiary/aromatic N) is 1. The topological polar surface area (TPSA) is 78.5 Å². The van der Waals surface area contributed by atoms with E-state index in [0.717, 1.165) is 5.56 Å². The van der Waals surface area contributed by atoms with Crippen molar-refractivity contribution in [2.75, 3.05) is 5.32 Å². The van der Waals surface area contributed by atoms with Crippen molar-refractivity contribution in [2.45, 2.75) is 31.8 Å². The molecule has 0 saturated carbocycles. The molecule has 2 atom stereocenters. The van der Waals surface area contributed by atoms with Crippen molar-refractivity contribution in [3.05, 3.63) is 65.2 Å². The molecular formula is C20H20ClN3O3. The van der Waals surface area contributed by atoms with Gasteiger partial charge >= 0.3 is 6.03 Å². The van der Waals surface area contributed by atoms with Gasteiger partial charge in [0.1, 0.15) is 6.04 Å². The Balaban J connectivity index is 1.58. The molecule has 2 aromatic rings. The lowest BCUT2D eigenvalue weighted by atomic mass is 10.1. The summed E-state index contributed by atoms with van der Waals surface area (Å²) >= 11 is 5.89. The van der Waals surface area contributed by atoms with Crippen LogP contribution in [0.15, 0.2) is 54.6 Å². The molecule has 0 aromatic heterocycles. The van der Waals surface area contributed by atoms with E-state index in [-0.39, 0.29) is 30.7 Å². The zero-order valence-electron chi connectivity index (χ0n) is 14.8. The third-order valence-electron chi connectivity index (χ3n) is 4.49. The number of benzene rings is 2. The quantitative estimate of drug-likeness (QED) is 0.743. The highest BCUT2D eigenvalue weighted by atomic mass is 35.5. The summed E-state index contributed by atoms with van der Waals surface area (Å²) in [6.07, 6.45) is 0.339. The highest BCUT2D eigenvalue weighted by Crippen LogP contribution is 2.25. The Labute approximate surface area is 162 Å². The molecule has 0 radical (unpaired) electrons. The number of carbonyl (C=O) groups excluding carboxylic acids is 3. The zero-order valence-corrected chi connectivity index (χ0v) is 15.6. The molecule has 2 aromatic carbocycles. The second-order valence-electron chi connectivity index (χ2n) is 6.39. The summed E-state index contributed by atoms with van der Waals surface area (Å²) in [6, 6.07) is 14.7. The van der Waals surface area contributed by atoms with Gasteiger partial charge in [-0.25, -0.2) is 4.79 Å². The largest absolute Gasteiger partial charge is 0.326 e. The van der Waals surface area contributed by atoms with Crippen molar-refractivity contribution < 1.29 is 14.4 Å². The number of imide groups is 1. The molecule has 1 aliphatic heterocycles. The molecular weight excluding hydrogens is 366 g/mol. The third kappa shape index (κ3) is 4.46. The maximum atomic E-state index is 12.6. The van der Waals surface area contributed by atoms with E-state index >= 15 is 0 Å². The first kappa shape index (κ1) is 18.9. The second kappa shape index (κ2) is 8.22. The molecule has 6 nitrogen and oxygen atoms in total. The Morgan fingerprint density at radius 2 is 1.93 bits per heavy atom. The summed E-state index contributed by atoms with van der Waals surface area (Å²) in [7, 11) is 0. The molecule has 0 spiro atoms. The second-order valence-corrected chi connectivity index (χ2v) is 6.83. The molecule has 3 rings (SSSR count). The van der Waals surface area contributed by atoms with Crippen LogP contribution in [0.4, 0.5) is 10.5 Å². The monoisotopic (exact) mass is 385 g/mol. The van der Waals surface area contributed by atoms with Crippen LogP contribution in [0.1, 0.15) is 31.4 Å². The number of hydrogen-bond donors (Lipinski definition) is 2.